The highest BCUT2D eigenvalue weighted by Crippen LogP contribution is 2.43. The summed E-state index contributed by atoms with van der Waals surface area (Å²) in [5.74, 6) is 0. The second kappa shape index (κ2) is 13.1. The standard InChI is InChI=1S/C50H33N2OP/c53-54(41-17-9-3-10-18-41,42-19-11-4-12-20-42)43-27-23-38-31-37(21-22-39(38)32-43)40-25-28-44-45-29-24-36-26-30-46(34-13-5-1-6-14-34)51-50(36)48(45)49(52-47(44)33-40)35-15-7-2-8-16-35/h1-33H. The number of aromatic nitrogens is 2. The molecule has 10 rings (SSSR count). The predicted molar refractivity (Wildman–Crippen MR) is 228 cm³/mol. The topological polar surface area (TPSA) is 42.9 Å². The first-order chi connectivity index (χ1) is 26.6. The molecule has 0 spiro atoms. The van der Waals surface area contributed by atoms with E-state index in [0.29, 0.717) is 0 Å². The predicted octanol–water partition coefficient (Wildman–Crippen LogP) is 11.7. The lowest BCUT2D eigenvalue weighted by Crippen LogP contribution is -2.24. The Balaban J connectivity index is 1.11. The molecule has 54 heavy (non-hydrogen) atoms. The van der Waals surface area contributed by atoms with E-state index in [1.165, 1.54) is 0 Å². The number of benzene rings is 8. The highest BCUT2D eigenvalue weighted by molar-refractivity contribution is 7.85. The molecule has 0 atom stereocenters. The van der Waals surface area contributed by atoms with E-state index in [-0.39, 0.29) is 0 Å². The summed E-state index contributed by atoms with van der Waals surface area (Å²) in [4.78, 5) is 10.7. The average molecular weight is 709 g/mol. The van der Waals surface area contributed by atoms with Gasteiger partial charge in [-0.25, -0.2) is 9.97 Å². The van der Waals surface area contributed by atoms with Crippen molar-refractivity contribution < 1.29 is 4.57 Å². The van der Waals surface area contributed by atoms with E-state index in [4.69, 9.17) is 9.97 Å². The van der Waals surface area contributed by atoms with Gasteiger partial charge in [-0.05, 0) is 51.6 Å². The first kappa shape index (κ1) is 32.0. The van der Waals surface area contributed by atoms with Crippen LogP contribution in [0.5, 0.6) is 0 Å². The van der Waals surface area contributed by atoms with Gasteiger partial charge in [-0.1, -0.05) is 176 Å². The summed E-state index contributed by atoms with van der Waals surface area (Å²) in [6.45, 7) is 0. The van der Waals surface area contributed by atoms with Crippen LogP contribution in [0.4, 0.5) is 0 Å². The minimum Gasteiger partial charge on any atom is -0.309 e. The lowest BCUT2D eigenvalue weighted by atomic mass is 9.95. The molecule has 2 aromatic heterocycles. The Morgan fingerprint density at radius 3 is 1.61 bits per heavy atom. The summed E-state index contributed by atoms with van der Waals surface area (Å²) < 4.78 is 15.0. The monoisotopic (exact) mass is 708 g/mol. The molecule has 0 radical (unpaired) electrons. The Bertz CT molecular complexity index is 3010. The van der Waals surface area contributed by atoms with Crippen molar-refractivity contribution in [3.05, 3.63) is 200 Å². The number of nitrogens with zero attached hydrogens (tertiary/aromatic N) is 2. The number of pyridine rings is 2. The number of hydrogen-bond donors (Lipinski definition) is 0. The maximum absolute atomic E-state index is 15.0. The van der Waals surface area contributed by atoms with Crippen LogP contribution in [0.2, 0.25) is 0 Å². The van der Waals surface area contributed by atoms with Gasteiger partial charge in [-0.3, -0.25) is 0 Å². The summed E-state index contributed by atoms with van der Waals surface area (Å²) in [5.41, 5.74) is 8.07. The minimum absolute atomic E-state index is 0.827. The van der Waals surface area contributed by atoms with Crippen molar-refractivity contribution in [3.63, 3.8) is 0 Å². The molecule has 8 aromatic carbocycles. The fourth-order valence-corrected chi connectivity index (χ4v) is 10.5. The van der Waals surface area contributed by atoms with Crippen LogP contribution in [0.3, 0.4) is 0 Å². The van der Waals surface area contributed by atoms with Crippen molar-refractivity contribution in [2.24, 2.45) is 0 Å². The van der Waals surface area contributed by atoms with Crippen LogP contribution in [0.1, 0.15) is 0 Å². The quantitative estimate of drug-likeness (QED) is 0.128. The third-order valence-electron chi connectivity index (χ3n) is 10.5. The SMILES string of the molecule is O=P(c1ccccc1)(c1ccccc1)c1ccc2cc(-c3ccc4c(c3)nc(-c3ccccc3)c3c4ccc4ccc(-c5ccccc5)nc43)ccc2c1. The fourth-order valence-electron chi connectivity index (χ4n) is 7.77. The van der Waals surface area contributed by atoms with Crippen molar-refractivity contribution in [1.29, 1.82) is 0 Å². The fraction of sp³-hybridized carbons (Fsp3) is 0. The van der Waals surface area contributed by atoms with Gasteiger partial charge in [0.25, 0.3) is 0 Å². The number of hydrogen-bond acceptors (Lipinski definition) is 3. The first-order valence-electron chi connectivity index (χ1n) is 18.2. The Hall–Kier alpha value is -6.67. The summed E-state index contributed by atoms with van der Waals surface area (Å²) in [7, 11) is -3.08. The van der Waals surface area contributed by atoms with Crippen molar-refractivity contribution in [2.45, 2.75) is 0 Å². The molecule has 0 aliphatic heterocycles. The molecule has 10 aromatic rings. The number of rotatable bonds is 6. The van der Waals surface area contributed by atoms with E-state index in [1.807, 2.05) is 78.9 Å². The summed E-state index contributed by atoms with van der Waals surface area (Å²) in [5, 5.41) is 8.99. The molecule has 3 nitrogen and oxygen atoms in total. The van der Waals surface area contributed by atoms with Gasteiger partial charge in [0.1, 0.15) is 0 Å². The summed E-state index contributed by atoms with van der Waals surface area (Å²) in [6, 6.07) is 68.5. The zero-order valence-electron chi connectivity index (χ0n) is 29.3. The molecule has 0 bridgehead atoms. The zero-order valence-corrected chi connectivity index (χ0v) is 30.2. The zero-order chi connectivity index (χ0) is 36.1. The van der Waals surface area contributed by atoms with Gasteiger partial charge >= 0.3 is 0 Å². The molecule has 4 heteroatoms. The van der Waals surface area contributed by atoms with E-state index < -0.39 is 7.14 Å². The van der Waals surface area contributed by atoms with E-state index in [9.17, 15) is 0 Å². The molecule has 0 amide bonds. The molecular weight excluding hydrogens is 676 g/mol. The first-order valence-corrected chi connectivity index (χ1v) is 19.9. The molecule has 0 N–H and O–H groups in total. The highest BCUT2D eigenvalue weighted by atomic mass is 31.2. The second-order valence-corrected chi connectivity index (χ2v) is 16.5. The van der Waals surface area contributed by atoms with Crippen molar-refractivity contribution >= 4 is 66.4 Å². The van der Waals surface area contributed by atoms with E-state index in [1.54, 1.807) is 0 Å². The van der Waals surface area contributed by atoms with Crippen LogP contribution in [-0.4, -0.2) is 9.97 Å². The van der Waals surface area contributed by atoms with Gasteiger partial charge in [-0.2, -0.15) is 0 Å². The maximum atomic E-state index is 15.0. The molecule has 0 aliphatic carbocycles. The Kier molecular flexibility index (Phi) is 7.75. The Morgan fingerprint density at radius 2 is 0.907 bits per heavy atom. The Labute approximate surface area is 313 Å². The molecule has 0 unspecified atom stereocenters. The van der Waals surface area contributed by atoms with Crippen molar-refractivity contribution in [3.8, 4) is 33.6 Å². The number of fused-ring (bicyclic) bond motifs is 6. The summed E-state index contributed by atoms with van der Waals surface area (Å²) in [6.07, 6.45) is 0. The Morgan fingerprint density at radius 1 is 0.370 bits per heavy atom. The van der Waals surface area contributed by atoms with Crippen LogP contribution < -0.4 is 15.9 Å². The van der Waals surface area contributed by atoms with Crippen LogP contribution in [0, 0.1) is 0 Å². The van der Waals surface area contributed by atoms with Crippen molar-refractivity contribution in [1.82, 2.24) is 9.97 Å². The molecule has 0 saturated heterocycles. The lowest BCUT2D eigenvalue weighted by molar-refractivity contribution is 0.592. The molecule has 0 aliphatic rings. The van der Waals surface area contributed by atoms with Gasteiger partial charge < -0.3 is 4.57 Å². The van der Waals surface area contributed by atoms with Crippen LogP contribution in [-0.2, 0) is 4.57 Å². The van der Waals surface area contributed by atoms with Gasteiger partial charge in [0.05, 0.1) is 22.4 Å². The van der Waals surface area contributed by atoms with Gasteiger partial charge in [0.2, 0.25) is 0 Å². The van der Waals surface area contributed by atoms with Crippen LogP contribution in [0.25, 0.3) is 77.0 Å². The second-order valence-electron chi connectivity index (χ2n) is 13.7. The maximum Gasteiger partial charge on any atom is 0.171 e. The molecular formula is C50H33N2OP. The van der Waals surface area contributed by atoms with Gasteiger partial charge in [0, 0.05) is 43.2 Å². The molecule has 0 saturated carbocycles. The van der Waals surface area contributed by atoms with Crippen LogP contribution >= 0.6 is 7.14 Å². The normalized spacial score (nSPS) is 11.8. The molecule has 0 fully saturated rings. The van der Waals surface area contributed by atoms with Gasteiger partial charge in [-0.15, -0.1) is 0 Å². The average Bonchev–Trinajstić information content (AvgIpc) is 3.26. The highest BCUT2D eigenvalue weighted by Gasteiger charge is 2.29. The van der Waals surface area contributed by atoms with Crippen molar-refractivity contribution in [2.75, 3.05) is 0 Å². The van der Waals surface area contributed by atoms with Gasteiger partial charge in [0.15, 0.2) is 7.14 Å². The third-order valence-corrected chi connectivity index (χ3v) is 13.6. The molecule has 2 heterocycles. The smallest absolute Gasteiger partial charge is 0.171 e. The summed E-state index contributed by atoms with van der Waals surface area (Å²) >= 11 is 0. The van der Waals surface area contributed by atoms with E-state index >= 15 is 4.57 Å². The van der Waals surface area contributed by atoms with E-state index in [0.717, 1.165) is 92.9 Å². The molecule has 254 valence electrons. The van der Waals surface area contributed by atoms with Crippen LogP contribution in [0.15, 0.2) is 200 Å². The lowest BCUT2D eigenvalue weighted by Gasteiger charge is -2.20. The third kappa shape index (κ3) is 5.41. The largest absolute Gasteiger partial charge is 0.309 e. The minimum atomic E-state index is -3.08. The van der Waals surface area contributed by atoms with E-state index in [2.05, 4.69) is 121 Å².